The van der Waals surface area contributed by atoms with Crippen molar-refractivity contribution in [2.24, 2.45) is 28.2 Å². The Kier molecular flexibility index (Phi) is 4.61. The zero-order valence-corrected chi connectivity index (χ0v) is 15.3. The van der Waals surface area contributed by atoms with Gasteiger partial charge in [0.1, 0.15) is 12.7 Å². The van der Waals surface area contributed by atoms with Gasteiger partial charge in [0, 0.05) is 25.6 Å². The molecular weight excluding hydrogens is 316 g/mol. The predicted molar refractivity (Wildman–Crippen MR) is 96.4 cm³/mol. The highest BCUT2D eigenvalue weighted by molar-refractivity contribution is 5.75. The monoisotopic (exact) mass is 346 g/mol. The van der Waals surface area contributed by atoms with Crippen LogP contribution in [0.25, 0.3) is 0 Å². The molecule has 4 aliphatic rings. The predicted octanol–water partition coefficient (Wildman–Crippen LogP) is 2.66. The molecule has 0 aromatic carbocycles. The number of fused-ring (bicyclic) bond motifs is 2. The van der Waals surface area contributed by atoms with E-state index >= 15 is 0 Å². The molecule has 138 valence electrons. The Labute approximate surface area is 150 Å². The van der Waals surface area contributed by atoms with E-state index in [0.717, 1.165) is 45.4 Å². The fourth-order valence-corrected chi connectivity index (χ4v) is 5.58. The van der Waals surface area contributed by atoms with E-state index in [9.17, 15) is 4.79 Å². The van der Waals surface area contributed by atoms with E-state index in [1.807, 2.05) is 0 Å². The summed E-state index contributed by atoms with van der Waals surface area (Å²) >= 11 is 0. The first kappa shape index (κ1) is 17.1. The molecule has 25 heavy (non-hydrogen) atoms. The van der Waals surface area contributed by atoms with E-state index in [4.69, 9.17) is 9.47 Å². The van der Waals surface area contributed by atoms with Crippen molar-refractivity contribution >= 4 is 12.4 Å². The third-order valence-electron chi connectivity index (χ3n) is 6.99. The summed E-state index contributed by atoms with van der Waals surface area (Å²) in [6, 6.07) is 0. The molecule has 1 saturated heterocycles. The number of hydrogen-bond donors (Lipinski definition) is 0. The van der Waals surface area contributed by atoms with Crippen LogP contribution in [-0.4, -0.2) is 56.2 Å². The molecule has 0 radical (unpaired) electrons. The Hall–Kier alpha value is -1.36. The van der Waals surface area contributed by atoms with Crippen molar-refractivity contribution in [3.63, 3.8) is 0 Å². The molecule has 2 saturated carbocycles. The van der Waals surface area contributed by atoms with Crippen molar-refractivity contribution in [1.82, 2.24) is 4.90 Å². The van der Waals surface area contributed by atoms with Crippen LogP contribution in [0, 0.1) is 23.2 Å². The molecule has 0 spiro atoms. The van der Waals surface area contributed by atoms with Gasteiger partial charge in [0.25, 0.3) is 0 Å². The summed E-state index contributed by atoms with van der Waals surface area (Å²) in [4.78, 5) is 19.2. The maximum atomic E-state index is 12.6. The Balaban J connectivity index is 1.48. The first-order valence-electron chi connectivity index (χ1n) is 9.77. The van der Waals surface area contributed by atoms with E-state index in [1.165, 1.54) is 18.4 Å². The second-order valence-corrected chi connectivity index (χ2v) is 8.59. The van der Waals surface area contributed by atoms with Crippen LogP contribution in [0.4, 0.5) is 0 Å². The molecule has 0 aromatic rings. The first-order valence-corrected chi connectivity index (χ1v) is 9.77. The third kappa shape index (κ3) is 3.23. The van der Waals surface area contributed by atoms with Gasteiger partial charge in [-0.3, -0.25) is 14.7 Å². The van der Waals surface area contributed by atoms with Gasteiger partial charge in [0.15, 0.2) is 6.40 Å². The smallest absolute Gasteiger partial charge is 0.310 e. The lowest BCUT2D eigenvalue weighted by Gasteiger charge is -2.50. The highest BCUT2D eigenvalue weighted by Crippen LogP contribution is 2.56. The molecule has 5 heteroatoms. The van der Waals surface area contributed by atoms with Gasteiger partial charge in [-0.15, -0.1) is 0 Å². The molecular formula is C20H30N2O3. The lowest BCUT2D eigenvalue weighted by atomic mass is 9.55. The number of hydrogen-bond acceptors (Lipinski definition) is 5. The molecule has 0 unspecified atom stereocenters. The molecule has 3 fully saturated rings. The zero-order chi connectivity index (χ0) is 17.4. The normalized spacial score (nSPS) is 42.0. The number of rotatable bonds is 2. The van der Waals surface area contributed by atoms with Gasteiger partial charge >= 0.3 is 5.97 Å². The number of esters is 1. The Morgan fingerprint density at radius 2 is 2.32 bits per heavy atom. The number of ether oxygens (including phenoxy) is 2. The Morgan fingerprint density at radius 3 is 3.20 bits per heavy atom. The van der Waals surface area contributed by atoms with Crippen LogP contribution in [0.5, 0.6) is 0 Å². The maximum Gasteiger partial charge on any atom is 0.310 e. The van der Waals surface area contributed by atoms with Crippen LogP contribution in [0.2, 0.25) is 0 Å². The van der Waals surface area contributed by atoms with Crippen molar-refractivity contribution in [2.75, 3.05) is 32.8 Å². The van der Waals surface area contributed by atoms with Crippen LogP contribution in [-0.2, 0) is 14.3 Å². The van der Waals surface area contributed by atoms with Crippen molar-refractivity contribution in [2.45, 2.75) is 45.1 Å². The average Bonchev–Trinajstić information content (AvgIpc) is 2.82. The molecule has 0 bridgehead atoms. The fraction of sp³-hybridized carbons (Fsp3) is 0.800. The highest BCUT2D eigenvalue weighted by atomic mass is 16.6. The minimum atomic E-state index is -0.00678. The van der Waals surface area contributed by atoms with Gasteiger partial charge in [-0.1, -0.05) is 19.1 Å². The van der Waals surface area contributed by atoms with Gasteiger partial charge in [-0.05, 0) is 43.4 Å². The third-order valence-corrected chi connectivity index (χ3v) is 6.99. The molecule has 5 nitrogen and oxygen atoms in total. The van der Waals surface area contributed by atoms with Gasteiger partial charge in [0.05, 0.1) is 12.5 Å². The standard InChI is InChI=1S/C20H30N2O3/c1-14-4-3-5-20(2)11-18-15(10-17(14)20)16(19(23)25-18)12-22-7-6-21-13-24-9-8-22/h13,15-18H,1,3-12H2,2H3/t15-,16+,17+,18-,20-/m1/s1. The maximum absolute atomic E-state index is 12.6. The lowest BCUT2D eigenvalue weighted by Crippen LogP contribution is -2.46. The molecule has 5 atom stereocenters. The number of nitrogens with zero attached hydrogens (tertiary/aromatic N) is 2. The summed E-state index contributed by atoms with van der Waals surface area (Å²) in [6.45, 7) is 10.6. The summed E-state index contributed by atoms with van der Waals surface area (Å²) in [5.41, 5.74) is 1.67. The minimum absolute atomic E-state index is 0.00678. The van der Waals surface area contributed by atoms with E-state index in [2.05, 4.69) is 23.4 Å². The minimum Gasteiger partial charge on any atom is -0.482 e. The number of carbonyl (C=O) groups is 1. The van der Waals surface area contributed by atoms with Gasteiger partial charge in [-0.25, -0.2) is 0 Å². The summed E-state index contributed by atoms with van der Waals surface area (Å²) in [5, 5.41) is 0. The molecule has 0 aromatic heterocycles. The van der Waals surface area contributed by atoms with Gasteiger partial charge in [0.2, 0.25) is 0 Å². The second kappa shape index (κ2) is 6.75. The molecule has 2 aliphatic heterocycles. The number of aliphatic imine (C=N–C) groups is 1. The van der Waals surface area contributed by atoms with E-state index < -0.39 is 0 Å². The largest absolute Gasteiger partial charge is 0.482 e. The SMILES string of the molecule is C=C1CCC[C@]2(C)C[C@H]3OC(=O)[C@@H](CN4CCN=COCC4)[C@H]3C[C@@H]12. The summed E-state index contributed by atoms with van der Waals surface area (Å²) in [7, 11) is 0. The van der Waals surface area contributed by atoms with E-state index in [1.54, 1.807) is 6.40 Å². The second-order valence-electron chi connectivity index (χ2n) is 8.59. The highest BCUT2D eigenvalue weighted by Gasteiger charge is 2.55. The van der Waals surface area contributed by atoms with Crippen molar-refractivity contribution in [3.8, 4) is 0 Å². The van der Waals surface area contributed by atoms with E-state index in [-0.39, 0.29) is 23.4 Å². The fourth-order valence-electron chi connectivity index (χ4n) is 5.58. The number of carbonyl (C=O) groups excluding carboxylic acids is 1. The molecule has 2 aliphatic carbocycles. The Morgan fingerprint density at radius 1 is 1.44 bits per heavy atom. The van der Waals surface area contributed by atoms with Crippen LogP contribution < -0.4 is 0 Å². The van der Waals surface area contributed by atoms with Crippen LogP contribution in [0.3, 0.4) is 0 Å². The van der Waals surface area contributed by atoms with Gasteiger partial charge < -0.3 is 9.47 Å². The molecule has 0 N–H and O–H groups in total. The van der Waals surface area contributed by atoms with Crippen LogP contribution in [0.15, 0.2) is 17.1 Å². The first-order chi connectivity index (χ1) is 12.1. The molecule has 2 heterocycles. The van der Waals surface area contributed by atoms with Crippen molar-refractivity contribution in [1.29, 1.82) is 0 Å². The Bertz CT molecular complexity index is 575. The summed E-state index contributed by atoms with van der Waals surface area (Å²) in [5.74, 6) is 0.900. The van der Waals surface area contributed by atoms with Gasteiger partial charge in [-0.2, -0.15) is 0 Å². The topological polar surface area (TPSA) is 51.1 Å². The van der Waals surface area contributed by atoms with Crippen LogP contribution >= 0.6 is 0 Å². The summed E-state index contributed by atoms with van der Waals surface area (Å²) in [6.07, 6.45) is 7.36. The van der Waals surface area contributed by atoms with Crippen molar-refractivity contribution < 1.29 is 14.3 Å². The lowest BCUT2D eigenvalue weighted by molar-refractivity contribution is -0.146. The summed E-state index contributed by atoms with van der Waals surface area (Å²) < 4.78 is 11.2. The van der Waals surface area contributed by atoms with Crippen LogP contribution in [0.1, 0.15) is 39.0 Å². The average molecular weight is 346 g/mol. The number of allylic oxidation sites excluding steroid dienone is 1. The molecule has 4 rings (SSSR count). The quantitative estimate of drug-likeness (QED) is 0.570. The molecule has 0 amide bonds. The van der Waals surface area contributed by atoms with E-state index in [0.29, 0.717) is 18.4 Å². The zero-order valence-electron chi connectivity index (χ0n) is 15.3. The van der Waals surface area contributed by atoms with Crippen molar-refractivity contribution in [3.05, 3.63) is 12.2 Å².